The highest BCUT2D eigenvalue weighted by Crippen LogP contribution is 2.34. The molecule has 23 heavy (non-hydrogen) atoms. The number of carbonyl (C=O) groups is 1. The fourth-order valence-corrected chi connectivity index (χ4v) is 2.85. The molecule has 0 atom stereocenters. The number of carbonyl (C=O) groups excluding carboxylic acids is 1. The molecule has 0 saturated heterocycles. The molecule has 2 aromatic rings. The van der Waals surface area contributed by atoms with Gasteiger partial charge in [-0.2, -0.15) is 0 Å². The average molecular weight is 308 g/mol. The van der Waals surface area contributed by atoms with Crippen molar-refractivity contribution >= 4 is 29.7 Å². The monoisotopic (exact) mass is 308 g/mol. The van der Waals surface area contributed by atoms with Crippen LogP contribution in [0.25, 0.3) is 0 Å². The van der Waals surface area contributed by atoms with Crippen LogP contribution in [0.15, 0.2) is 38.7 Å². The lowest BCUT2D eigenvalue weighted by Gasteiger charge is -2.18. The fraction of sp³-hybridized carbons (Fsp3) is 0.235. The van der Waals surface area contributed by atoms with Crippen LogP contribution in [0.3, 0.4) is 0 Å². The molecule has 2 aliphatic rings. The van der Waals surface area contributed by atoms with Crippen LogP contribution in [0.5, 0.6) is 0 Å². The van der Waals surface area contributed by atoms with Crippen LogP contribution in [-0.4, -0.2) is 36.1 Å². The second-order valence-electron chi connectivity index (χ2n) is 5.68. The minimum absolute atomic E-state index is 0.206. The van der Waals surface area contributed by atoms with E-state index in [0.717, 1.165) is 23.6 Å². The Bertz CT molecular complexity index is 846. The molecule has 116 valence electrons. The van der Waals surface area contributed by atoms with Gasteiger partial charge in [0.25, 0.3) is 5.91 Å². The van der Waals surface area contributed by atoms with E-state index in [1.807, 2.05) is 36.1 Å². The predicted molar refractivity (Wildman–Crippen MR) is 88.8 cm³/mol. The topological polar surface area (TPSA) is 70.2 Å². The number of hydrogen-bond acceptors (Lipinski definition) is 5. The van der Waals surface area contributed by atoms with E-state index in [2.05, 4.69) is 15.3 Å². The zero-order chi connectivity index (χ0) is 16.0. The zero-order valence-electron chi connectivity index (χ0n) is 13.0. The van der Waals surface area contributed by atoms with E-state index in [-0.39, 0.29) is 5.91 Å². The second-order valence-corrected chi connectivity index (χ2v) is 5.68. The number of furan rings is 1. The summed E-state index contributed by atoms with van der Waals surface area (Å²) in [4.78, 5) is 23.5. The number of benzene rings is 1. The van der Waals surface area contributed by atoms with Gasteiger partial charge in [0.2, 0.25) is 5.88 Å². The van der Waals surface area contributed by atoms with Gasteiger partial charge in [-0.05, 0) is 26.0 Å². The highest BCUT2D eigenvalue weighted by Gasteiger charge is 2.33. The Morgan fingerprint density at radius 1 is 1.26 bits per heavy atom. The summed E-state index contributed by atoms with van der Waals surface area (Å²) in [6.45, 7) is 5.26. The van der Waals surface area contributed by atoms with E-state index in [9.17, 15) is 4.79 Å². The molecule has 1 aromatic carbocycles. The molecule has 1 amide bonds. The third-order valence-corrected chi connectivity index (χ3v) is 4.01. The number of amides is 1. The standard InChI is InChI=1S/C17H16N4O2/c1-10-3-5-12(6-4-10)20-16(22)13-11(2)23-17-14(13)15-18-7-8-21(15)9-19-17/h3-6,9H,7-8H2,1-2H3,(H,20,22). The minimum atomic E-state index is -0.206. The Hall–Kier alpha value is -2.89. The van der Waals surface area contributed by atoms with Crippen LogP contribution in [0, 0.1) is 13.8 Å². The van der Waals surface area contributed by atoms with Gasteiger partial charge in [0.15, 0.2) is 0 Å². The maximum Gasteiger partial charge on any atom is 0.260 e. The van der Waals surface area contributed by atoms with Crippen molar-refractivity contribution < 1.29 is 9.21 Å². The number of nitrogens with zero attached hydrogens (tertiary/aromatic N) is 3. The largest absolute Gasteiger partial charge is 0.442 e. The van der Waals surface area contributed by atoms with Crippen LogP contribution in [0.1, 0.15) is 27.2 Å². The first-order valence-electron chi connectivity index (χ1n) is 7.50. The molecule has 6 nitrogen and oxygen atoms in total. The first-order valence-corrected chi connectivity index (χ1v) is 7.50. The van der Waals surface area contributed by atoms with E-state index in [4.69, 9.17) is 4.42 Å². The molecule has 2 aliphatic heterocycles. The van der Waals surface area contributed by atoms with Crippen LogP contribution in [-0.2, 0) is 0 Å². The number of hydrogen-bond donors (Lipinski definition) is 1. The second kappa shape index (κ2) is 5.08. The van der Waals surface area contributed by atoms with Gasteiger partial charge in [0.1, 0.15) is 17.9 Å². The molecule has 0 bridgehead atoms. The Labute approximate surface area is 133 Å². The van der Waals surface area contributed by atoms with Gasteiger partial charge in [-0.3, -0.25) is 9.79 Å². The lowest BCUT2D eigenvalue weighted by molar-refractivity contribution is 0.102. The molecule has 0 radical (unpaired) electrons. The third-order valence-electron chi connectivity index (χ3n) is 4.01. The molecule has 0 fully saturated rings. The van der Waals surface area contributed by atoms with Crippen molar-refractivity contribution in [3.63, 3.8) is 0 Å². The molecule has 1 N–H and O–H groups in total. The van der Waals surface area contributed by atoms with Crippen LogP contribution in [0.4, 0.5) is 11.6 Å². The molecule has 6 heteroatoms. The zero-order valence-corrected chi connectivity index (χ0v) is 13.0. The van der Waals surface area contributed by atoms with Crippen molar-refractivity contribution in [2.75, 3.05) is 18.4 Å². The molecule has 0 saturated carbocycles. The lowest BCUT2D eigenvalue weighted by atomic mass is 10.1. The molecular formula is C17H16N4O2. The smallest absolute Gasteiger partial charge is 0.260 e. The fourth-order valence-electron chi connectivity index (χ4n) is 2.85. The summed E-state index contributed by atoms with van der Waals surface area (Å²) in [6, 6.07) is 7.68. The van der Waals surface area contributed by atoms with Crippen LogP contribution in [0.2, 0.25) is 0 Å². The van der Waals surface area contributed by atoms with Gasteiger partial charge < -0.3 is 14.6 Å². The van der Waals surface area contributed by atoms with Gasteiger partial charge in [-0.25, -0.2) is 4.99 Å². The lowest BCUT2D eigenvalue weighted by Crippen LogP contribution is -2.30. The summed E-state index contributed by atoms with van der Waals surface area (Å²) in [7, 11) is 0. The summed E-state index contributed by atoms with van der Waals surface area (Å²) in [5, 5.41) is 2.92. The molecule has 0 unspecified atom stereocenters. The summed E-state index contributed by atoms with van der Waals surface area (Å²) < 4.78 is 5.66. The first-order chi connectivity index (χ1) is 11.1. The van der Waals surface area contributed by atoms with Gasteiger partial charge in [0.05, 0.1) is 17.7 Å². The third kappa shape index (κ3) is 2.23. The van der Waals surface area contributed by atoms with Crippen molar-refractivity contribution in [2.24, 2.45) is 9.98 Å². The SMILES string of the molecule is Cc1ccc(NC(=O)c2c(C)oc3c2C2=NCCN2C=N3)cc1. The van der Waals surface area contributed by atoms with E-state index < -0.39 is 0 Å². The van der Waals surface area contributed by atoms with Gasteiger partial charge in [-0.15, -0.1) is 0 Å². The Balaban J connectivity index is 1.72. The molecule has 0 spiro atoms. The molecular weight excluding hydrogens is 292 g/mol. The van der Waals surface area contributed by atoms with Crippen molar-refractivity contribution in [3.05, 3.63) is 46.7 Å². The predicted octanol–water partition coefficient (Wildman–Crippen LogP) is 2.88. The van der Waals surface area contributed by atoms with Crippen LogP contribution >= 0.6 is 0 Å². The summed E-state index contributed by atoms with van der Waals surface area (Å²) in [6.07, 6.45) is 1.71. The number of nitrogens with one attached hydrogen (secondary N) is 1. The maximum atomic E-state index is 12.7. The highest BCUT2D eigenvalue weighted by molar-refractivity contribution is 6.19. The van der Waals surface area contributed by atoms with Gasteiger partial charge >= 0.3 is 0 Å². The Kier molecular flexibility index (Phi) is 3.04. The van der Waals surface area contributed by atoms with E-state index in [1.54, 1.807) is 13.3 Å². The molecule has 4 rings (SSSR count). The molecule has 3 heterocycles. The molecule has 1 aromatic heterocycles. The number of aryl methyl sites for hydroxylation is 2. The van der Waals surface area contributed by atoms with E-state index >= 15 is 0 Å². The van der Waals surface area contributed by atoms with Crippen molar-refractivity contribution in [1.82, 2.24) is 4.90 Å². The van der Waals surface area contributed by atoms with Crippen molar-refractivity contribution in [2.45, 2.75) is 13.8 Å². The van der Waals surface area contributed by atoms with E-state index in [0.29, 0.717) is 29.3 Å². The number of anilines is 1. The van der Waals surface area contributed by atoms with Gasteiger partial charge in [-0.1, -0.05) is 17.7 Å². The average Bonchev–Trinajstić information content (AvgIpc) is 3.12. The number of fused-ring (bicyclic) bond motifs is 3. The minimum Gasteiger partial charge on any atom is -0.442 e. The summed E-state index contributed by atoms with van der Waals surface area (Å²) >= 11 is 0. The van der Waals surface area contributed by atoms with Crippen LogP contribution < -0.4 is 5.32 Å². The summed E-state index contributed by atoms with van der Waals surface area (Å²) in [5.74, 6) is 1.56. The number of aliphatic imine (C=N–C) groups is 2. The Morgan fingerprint density at radius 2 is 2.04 bits per heavy atom. The van der Waals surface area contributed by atoms with Crippen molar-refractivity contribution in [1.29, 1.82) is 0 Å². The highest BCUT2D eigenvalue weighted by atomic mass is 16.4. The number of amidine groups is 1. The quantitative estimate of drug-likeness (QED) is 0.927. The van der Waals surface area contributed by atoms with Gasteiger partial charge in [0, 0.05) is 12.2 Å². The maximum absolute atomic E-state index is 12.7. The van der Waals surface area contributed by atoms with Crippen molar-refractivity contribution in [3.8, 4) is 0 Å². The van der Waals surface area contributed by atoms with E-state index in [1.165, 1.54) is 0 Å². The Morgan fingerprint density at radius 3 is 2.83 bits per heavy atom. The number of rotatable bonds is 2. The summed E-state index contributed by atoms with van der Waals surface area (Å²) in [5.41, 5.74) is 3.08. The normalized spacial score (nSPS) is 15.2. The molecule has 0 aliphatic carbocycles. The first kappa shape index (κ1) is 13.8.